The van der Waals surface area contributed by atoms with Gasteiger partial charge in [-0.05, 0) is 19.3 Å². The van der Waals surface area contributed by atoms with Gasteiger partial charge in [-0.3, -0.25) is 0 Å². The molecule has 2 atom stereocenters. The third kappa shape index (κ3) is 1.72. The normalized spacial score (nSPS) is 38.2. The Morgan fingerprint density at radius 3 is 2.33 bits per heavy atom. The zero-order chi connectivity index (χ0) is 9.41. The van der Waals surface area contributed by atoms with Gasteiger partial charge in [-0.15, -0.1) is 0 Å². The van der Waals surface area contributed by atoms with Crippen molar-refractivity contribution in [2.24, 2.45) is 5.73 Å². The smallest absolute Gasteiger partial charge is 0.380 e. The van der Waals surface area contributed by atoms with Gasteiger partial charge >= 0.3 is 6.18 Å². The van der Waals surface area contributed by atoms with Gasteiger partial charge in [0.15, 0.2) is 5.60 Å². The van der Waals surface area contributed by atoms with Crippen molar-refractivity contribution < 1.29 is 18.3 Å². The van der Waals surface area contributed by atoms with Crippen molar-refractivity contribution in [3.05, 3.63) is 0 Å². The van der Waals surface area contributed by atoms with E-state index in [1.165, 1.54) is 0 Å². The van der Waals surface area contributed by atoms with Gasteiger partial charge in [0.05, 0.1) is 0 Å². The second kappa shape index (κ2) is 2.88. The molecule has 1 aliphatic rings. The highest BCUT2D eigenvalue weighted by Gasteiger charge is 2.54. The number of alkyl halides is 3. The molecule has 0 saturated heterocycles. The third-order valence-corrected chi connectivity index (χ3v) is 2.29. The van der Waals surface area contributed by atoms with E-state index in [0.29, 0.717) is 12.8 Å². The summed E-state index contributed by atoms with van der Waals surface area (Å²) in [5.74, 6) is 0. The summed E-state index contributed by atoms with van der Waals surface area (Å²) in [5.41, 5.74) is 2.81. The van der Waals surface area contributed by atoms with E-state index in [1.807, 2.05) is 0 Å². The van der Waals surface area contributed by atoms with Gasteiger partial charge in [-0.25, -0.2) is 0 Å². The Labute approximate surface area is 68.6 Å². The molecule has 0 aromatic heterocycles. The molecule has 12 heavy (non-hydrogen) atoms. The van der Waals surface area contributed by atoms with Crippen LogP contribution in [0.4, 0.5) is 13.2 Å². The van der Waals surface area contributed by atoms with E-state index in [1.54, 1.807) is 0 Å². The van der Waals surface area contributed by atoms with Gasteiger partial charge in [-0.1, -0.05) is 0 Å². The van der Waals surface area contributed by atoms with Crippen LogP contribution in [0, 0.1) is 0 Å². The quantitative estimate of drug-likeness (QED) is 0.592. The summed E-state index contributed by atoms with van der Waals surface area (Å²) in [6.07, 6.45) is -4.21. The second-order valence-electron chi connectivity index (χ2n) is 3.39. The average molecular weight is 183 g/mol. The summed E-state index contributed by atoms with van der Waals surface area (Å²) in [7, 11) is 0. The molecule has 0 aromatic carbocycles. The van der Waals surface area contributed by atoms with E-state index in [4.69, 9.17) is 5.73 Å². The van der Waals surface area contributed by atoms with Crippen LogP contribution in [0.3, 0.4) is 0 Å². The molecule has 72 valence electrons. The van der Waals surface area contributed by atoms with Crippen LogP contribution in [0.25, 0.3) is 0 Å². The minimum absolute atomic E-state index is 0.218. The summed E-state index contributed by atoms with van der Waals surface area (Å²) in [6.45, 7) is 0. The van der Waals surface area contributed by atoms with Gasteiger partial charge < -0.3 is 10.8 Å². The lowest BCUT2D eigenvalue weighted by molar-refractivity contribution is -0.270. The van der Waals surface area contributed by atoms with E-state index < -0.39 is 17.8 Å². The number of hydrogen-bond donors (Lipinski definition) is 2. The molecule has 0 aromatic rings. The first kappa shape index (κ1) is 9.80. The molecule has 2 nitrogen and oxygen atoms in total. The zero-order valence-electron chi connectivity index (χ0n) is 6.56. The van der Waals surface area contributed by atoms with Crippen LogP contribution in [0.1, 0.15) is 25.7 Å². The molecular weight excluding hydrogens is 171 g/mol. The van der Waals surface area contributed by atoms with Crippen molar-refractivity contribution in [1.29, 1.82) is 0 Å². The van der Waals surface area contributed by atoms with Crippen LogP contribution >= 0.6 is 0 Å². The van der Waals surface area contributed by atoms with Gasteiger partial charge in [0.2, 0.25) is 0 Å². The highest BCUT2D eigenvalue weighted by molar-refractivity contribution is 4.93. The Hall–Kier alpha value is -0.290. The van der Waals surface area contributed by atoms with Crippen molar-refractivity contribution in [1.82, 2.24) is 0 Å². The van der Waals surface area contributed by atoms with Gasteiger partial charge in [0, 0.05) is 12.5 Å². The first-order chi connectivity index (χ1) is 5.35. The highest BCUT2D eigenvalue weighted by atomic mass is 19.4. The minimum Gasteiger partial charge on any atom is -0.380 e. The lowest BCUT2D eigenvalue weighted by atomic mass is 9.82. The van der Waals surface area contributed by atoms with Crippen molar-refractivity contribution >= 4 is 0 Å². The maximum absolute atomic E-state index is 12.2. The summed E-state index contributed by atoms with van der Waals surface area (Å²) in [6, 6.07) is -0.523. The summed E-state index contributed by atoms with van der Waals surface area (Å²) in [5, 5.41) is 9.17. The largest absolute Gasteiger partial charge is 0.417 e. The van der Waals surface area contributed by atoms with Crippen LogP contribution in [0.2, 0.25) is 0 Å². The molecule has 1 saturated carbocycles. The number of rotatable bonds is 0. The molecule has 0 radical (unpaired) electrons. The van der Waals surface area contributed by atoms with E-state index in [-0.39, 0.29) is 12.8 Å². The SMILES string of the molecule is NC1CCC[C@](O)(C(F)(F)F)C1. The van der Waals surface area contributed by atoms with Crippen molar-refractivity contribution in [3.63, 3.8) is 0 Å². The average Bonchev–Trinajstić information content (AvgIpc) is 1.83. The van der Waals surface area contributed by atoms with E-state index in [2.05, 4.69) is 0 Å². The van der Waals surface area contributed by atoms with E-state index in [0.717, 1.165) is 0 Å². The Morgan fingerprint density at radius 1 is 1.42 bits per heavy atom. The van der Waals surface area contributed by atoms with E-state index >= 15 is 0 Å². The molecule has 1 rings (SSSR count). The molecule has 0 aliphatic heterocycles. The number of hydrogen-bond acceptors (Lipinski definition) is 2. The van der Waals surface area contributed by atoms with Crippen molar-refractivity contribution in [2.45, 2.75) is 43.5 Å². The summed E-state index contributed by atoms with van der Waals surface area (Å²) >= 11 is 0. The molecule has 0 amide bonds. The lowest BCUT2D eigenvalue weighted by Gasteiger charge is -2.36. The maximum Gasteiger partial charge on any atom is 0.417 e. The molecule has 1 unspecified atom stereocenters. The Kier molecular flexibility index (Phi) is 2.35. The lowest BCUT2D eigenvalue weighted by Crippen LogP contribution is -2.51. The first-order valence-corrected chi connectivity index (χ1v) is 3.90. The van der Waals surface area contributed by atoms with Crippen LogP contribution in [0.15, 0.2) is 0 Å². The fourth-order valence-corrected chi connectivity index (χ4v) is 1.55. The van der Waals surface area contributed by atoms with Crippen LogP contribution in [-0.4, -0.2) is 22.9 Å². The Balaban J connectivity index is 2.70. The predicted molar refractivity (Wildman–Crippen MR) is 37.4 cm³/mol. The second-order valence-corrected chi connectivity index (χ2v) is 3.39. The standard InChI is InChI=1S/C7H12F3NO/c8-7(9,10)6(12)3-1-2-5(11)4-6/h5,12H,1-4,11H2/t5?,6-/m1/s1. The third-order valence-electron chi connectivity index (χ3n) is 2.29. The monoisotopic (exact) mass is 183 g/mol. The Bertz CT molecular complexity index is 171. The molecular formula is C7H12F3NO. The molecule has 0 bridgehead atoms. The molecule has 1 fully saturated rings. The molecule has 1 aliphatic carbocycles. The first-order valence-electron chi connectivity index (χ1n) is 3.90. The number of halogens is 3. The Morgan fingerprint density at radius 2 is 2.00 bits per heavy atom. The highest BCUT2D eigenvalue weighted by Crippen LogP contribution is 2.40. The fourth-order valence-electron chi connectivity index (χ4n) is 1.55. The fraction of sp³-hybridized carbons (Fsp3) is 1.00. The number of aliphatic hydroxyl groups is 1. The predicted octanol–water partition coefficient (Wildman–Crippen LogP) is 1.18. The molecule has 3 N–H and O–H groups in total. The van der Waals surface area contributed by atoms with Crippen LogP contribution in [-0.2, 0) is 0 Å². The molecule has 0 heterocycles. The van der Waals surface area contributed by atoms with Gasteiger partial charge in [0.1, 0.15) is 0 Å². The van der Waals surface area contributed by atoms with E-state index in [9.17, 15) is 18.3 Å². The van der Waals surface area contributed by atoms with Gasteiger partial charge in [0.25, 0.3) is 0 Å². The minimum atomic E-state index is -4.54. The molecule has 0 spiro atoms. The zero-order valence-corrected chi connectivity index (χ0v) is 6.56. The van der Waals surface area contributed by atoms with Gasteiger partial charge in [-0.2, -0.15) is 13.2 Å². The van der Waals surface area contributed by atoms with Crippen molar-refractivity contribution in [3.8, 4) is 0 Å². The number of nitrogens with two attached hydrogens (primary N) is 1. The van der Waals surface area contributed by atoms with Crippen LogP contribution < -0.4 is 5.73 Å². The van der Waals surface area contributed by atoms with Crippen molar-refractivity contribution in [2.75, 3.05) is 0 Å². The van der Waals surface area contributed by atoms with Crippen LogP contribution in [0.5, 0.6) is 0 Å². The summed E-state index contributed by atoms with van der Waals surface area (Å²) < 4.78 is 36.6. The molecule has 5 heteroatoms. The summed E-state index contributed by atoms with van der Waals surface area (Å²) in [4.78, 5) is 0. The topological polar surface area (TPSA) is 46.2 Å². The maximum atomic E-state index is 12.2.